The van der Waals surface area contributed by atoms with Crippen LogP contribution in [0.25, 0.3) is 0 Å². The Morgan fingerprint density at radius 3 is 2.57 bits per heavy atom. The van der Waals surface area contributed by atoms with Crippen molar-refractivity contribution in [3.8, 4) is 0 Å². The Hall–Kier alpha value is -1.63. The number of ether oxygens (including phenoxy) is 1. The minimum Gasteiger partial charge on any atom is -0.480 e. The Kier molecular flexibility index (Phi) is 6.61. The minimum atomic E-state index is -1.05. The Morgan fingerprint density at radius 2 is 2.05 bits per heavy atom. The summed E-state index contributed by atoms with van der Waals surface area (Å²) >= 11 is 0. The molecule has 0 bridgehead atoms. The number of hydrogen-bond donors (Lipinski definition) is 2. The molecule has 2 N–H and O–H groups in total. The Labute approximate surface area is 124 Å². The van der Waals surface area contributed by atoms with Gasteiger partial charge in [0.15, 0.2) is 0 Å². The van der Waals surface area contributed by atoms with E-state index in [1.165, 1.54) is 12.0 Å². The number of rotatable bonds is 7. The first-order valence-corrected chi connectivity index (χ1v) is 7.16. The molecule has 2 atom stereocenters. The van der Waals surface area contributed by atoms with Crippen molar-refractivity contribution < 1.29 is 24.2 Å². The number of nitrogens with one attached hydrogen (secondary N) is 1. The van der Waals surface area contributed by atoms with E-state index in [0.717, 1.165) is 6.42 Å². The maximum Gasteiger partial charge on any atom is 0.326 e. The lowest BCUT2D eigenvalue weighted by Gasteiger charge is -2.21. The van der Waals surface area contributed by atoms with Crippen LogP contribution >= 0.6 is 0 Å². The van der Waals surface area contributed by atoms with Crippen LogP contribution in [-0.4, -0.2) is 60.1 Å². The molecule has 0 radical (unpaired) electrons. The van der Waals surface area contributed by atoms with E-state index in [1.807, 2.05) is 13.8 Å². The van der Waals surface area contributed by atoms with Crippen LogP contribution in [0.4, 0.5) is 0 Å². The van der Waals surface area contributed by atoms with E-state index in [0.29, 0.717) is 12.3 Å². The summed E-state index contributed by atoms with van der Waals surface area (Å²) in [4.78, 5) is 36.1. The predicted molar refractivity (Wildman–Crippen MR) is 75.6 cm³/mol. The third-order valence-electron chi connectivity index (χ3n) is 3.59. The molecular formula is C14H24N2O5. The van der Waals surface area contributed by atoms with Gasteiger partial charge in [0.05, 0.1) is 12.6 Å². The third kappa shape index (κ3) is 5.34. The lowest BCUT2D eigenvalue weighted by molar-refractivity contribution is -0.148. The minimum absolute atomic E-state index is 0.170. The normalized spacial score (nSPS) is 21.6. The maximum atomic E-state index is 12.1. The molecule has 1 rings (SSSR count). The second kappa shape index (κ2) is 7.97. The van der Waals surface area contributed by atoms with E-state index in [9.17, 15) is 14.4 Å². The molecule has 1 aliphatic heterocycles. The van der Waals surface area contributed by atoms with Crippen LogP contribution < -0.4 is 5.32 Å². The van der Waals surface area contributed by atoms with Gasteiger partial charge in [-0.25, -0.2) is 4.79 Å². The van der Waals surface area contributed by atoms with Gasteiger partial charge in [-0.15, -0.1) is 0 Å². The van der Waals surface area contributed by atoms with Crippen LogP contribution in [0.3, 0.4) is 0 Å². The SMILES string of the molecule is COC1CC(C(=O)O)N(C(=O)CNC(=O)CCC(C)C)C1. The van der Waals surface area contributed by atoms with Gasteiger partial charge in [0.1, 0.15) is 6.04 Å². The molecule has 0 aromatic rings. The zero-order valence-electron chi connectivity index (χ0n) is 12.8. The van der Waals surface area contributed by atoms with E-state index in [4.69, 9.17) is 9.84 Å². The molecule has 1 heterocycles. The van der Waals surface area contributed by atoms with Crippen molar-refractivity contribution >= 4 is 17.8 Å². The molecule has 120 valence electrons. The summed E-state index contributed by atoms with van der Waals surface area (Å²) in [5.41, 5.74) is 0. The summed E-state index contributed by atoms with van der Waals surface area (Å²) < 4.78 is 5.12. The van der Waals surface area contributed by atoms with Crippen LogP contribution in [0.15, 0.2) is 0 Å². The fourth-order valence-electron chi connectivity index (χ4n) is 2.26. The van der Waals surface area contributed by atoms with E-state index in [1.54, 1.807) is 0 Å². The van der Waals surface area contributed by atoms with Crippen LogP contribution in [0.1, 0.15) is 33.1 Å². The Bertz CT molecular complexity index is 397. The first-order valence-electron chi connectivity index (χ1n) is 7.16. The molecule has 7 nitrogen and oxygen atoms in total. The number of aliphatic carboxylic acids is 1. The number of methoxy groups -OCH3 is 1. The van der Waals surface area contributed by atoms with Gasteiger partial charge in [-0.1, -0.05) is 13.8 Å². The van der Waals surface area contributed by atoms with Crippen molar-refractivity contribution in [2.24, 2.45) is 5.92 Å². The largest absolute Gasteiger partial charge is 0.480 e. The molecule has 1 saturated heterocycles. The number of likely N-dealkylation sites (tertiary alicyclic amines) is 1. The summed E-state index contributed by atoms with van der Waals surface area (Å²) in [6.45, 7) is 4.11. The van der Waals surface area contributed by atoms with Gasteiger partial charge < -0.3 is 20.1 Å². The Balaban J connectivity index is 2.46. The van der Waals surface area contributed by atoms with Gasteiger partial charge in [-0.2, -0.15) is 0 Å². The first kappa shape index (κ1) is 17.4. The van der Waals surface area contributed by atoms with Gasteiger partial charge >= 0.3 is 5.97 Å². The third-order valence-corrected chi connectivity index (χ3v) is 3.59. The highest BCUT2D eigenvalue weighted by Crippen LogP contribution is 2.20. The number of carboxylic acids is 1. The highest BCUT2D eigenvalue weighted by Gasteiger charge is 2.39. The summed E-state index contributed by atoms with van der Waals surface area (Å²) in [7, 11) is 1.49. The van der Waals surface area contributed by atoms with E-state index < -0.39 is 12.0 Å². The standard InChI is InChI=1S/C14H24N2O5/c1-9(2)4-5-12(17)15-7-13(18)16-8-10(21-3)6-11(16)14(19)20/h9-11H,4-8H2,1-3H3,(H,15,17)(H,19,20). The topological polar surface area (TPSA) is 95.9 Å². The quantitative estimate of drug-likeness (QED) is 0.702. The second-order valence-corrected chi connectivity index (χ2v) is 5.70. The van der Waals surface area contributed by atoms with E-state index in [2.05, 4.69) is 5.32 Å². The smallest absolute Gasteiger partial charge is 0.326 e. The number of carbonyl (C=O) groups excluding carboxylic acids is 2. The van der Waals surface area contributed by atoms with Gasteiger partial charge in [0.2, 0.25) is 11.8 Å². The van der Waals surface area contributed by atoms with Crippen molar-refractivity contribution in [1.29, 1.82) is 0 Å². The summed E-state index contributed by atoms with van der Waals surface area (Å²) in [5.74, 6) is -1.20. The van der Waals surface area contributed by atoms with Crippen LogP contribution in [0, 0.1) is 5.92 Å². The number of amides is 2. The summed E-state index contributed by atoms with van der Waals surface area (Å²) in [6, 6.07) is -0.880. The maximum absolute atomic E-state index is 12.1. The van der Waals surface area contributed by atoms with Crippen molar-refractivity contribution in [3.05, 3.63) is 0 Å². The molecule has 21 heavy (non-hydrogen) atoms. The zero-order chi connectivity index (χ0) is 16.0. The van der Waals surface area contributed by atoms with E-state index >= 15 is 0 Å². The molecule has 7 heteroatoms. The van der Waals surface area contributed by atoms with Crippen molar-refractivity contribution in [2.75, 3.05) is 20.2 Å². The highest BCUT2D eigenvalue weighted by molar-refractivity contribution is 5.88. The second-order valence-electron chi connectivity index (χ2n) is 5.70. The molecule has 0 spiro atoms. The zero-order valence-corrected chi connectivity index (χ0v) is 12.8. The molecule has 2 amide bonds. The lowest BCUT2D eigenvalue weighted by atomic mass is 10.1. The van der Waals surface area contributed by atoms with Gasteiger partial charge in [-0.05, 0) is 12.3 Å². The highest BCUT2D eigenvalue weighted by atomic mass is 16.5. The average molecular weight is 300 g/mol. The van der Waals surface area contributed by atoms with Gasteiger partial charge in [-0.3, -0.25) is 9.59 Å². The molecule has 1 aliphatic rings. The predicted octanol–water partition coefficient (Wildman–Crippen LogP) is 0.239. The van der Waals surface area contributed by atoms with Crippen LogP contribution in [-0.2, 0) is 19.1 Å². The molecule has 0 saturated carbocycles. The summed E-state index contributed by atoms with van der Waals surface area (Å²) in [6.07, 6.45) is 1.13. The summed E-state index contributed by atoms with van der Waals surface area (Å²) in [5, 5.41) is 11.7. The van der Waals surface area contributed by atoms with Crippen molar-refractivity contribution in [1.82, 2.24) is 10.2 Å². The van der Waals surface area contributed by atoms with Gasteiger partial charge in [0.25, 0.3) is 0 Å². The van der Waals surface area contributed by atoms with Gasteiger partial charge in [0, 0.05) is 26.5 Å². The van der Waals surface area contributed by atoms with E-state index in [-0.39, 0.29) is 37.4 Å². The van der Waals surface area contributed by atoms with Crippen LogP contribution in [0.2, 0.25) is 0 Å². The fraction of sp³-hybridized carbons (Fsp3) is 0.786. The molecule has 0 aromatic carbocycles. The Morgan fingerprint density at radius 1 is 1.38 bits per heavy atom. The number of hydrogen-bond acceptors (Lipinski definition) is 4. The molecule has 2 unspecified atom stereocenters. The van der Waals surface area contributed by atoms with Crippen molar-refractivity contribution in [2.45, 2.75) is 45.3 Å². The molecule has 1 fully saturated rings. The average Bonchev–Trinajstić information content (AvgIpc) is 2.87. The van der Waals surface area contributed by atoms with Crippen molar-refractivity contribution in [3.63, 3.8) is 0 Å². The monoisotopic (exact) mass is 300 g/mol. The number of nitrogens with zero attached hydrogens (tertiary/aromatic N) is 1. The molecular weight excluding hydrogens is 276 g/mol. The number of carboxylic acid groups (broad SMARTS) is 1. The first-order chi connectivity index (χ1) is 9.85. The molecule has 0 aromatic heterocycles. The molecule has 0 aliphatic carbocycles. The lowest BCUT2D eigenvalue weighted by Crippen LogP contribution is -2.45. The fourth-order valence-corrected chi connectivity index (χ4v) is 2.26. The number of carbonyl (C=O) groups is 3. The van der Waals surface area contributed by atoms with Crippen LogP contribution in [0.5, 0.6) is 0 Å².